The summed E-state index contributed by atoms with van der Waals surface area (Å²) in [6, 6.07) is 20.9. The number of hydrogen-bond acceptors (Lipinski definition) is 5. The molecule has 0 fully saturated rings. The quantitative estimate of drug-likeness (QED) is 0.545. The Morgan fingerprint density at radius 2 is 1.75 bits per heavy atom. The minimum Gasteiger partial charge on any atom is -0.451 e. The summed E-state index contributed by atoms with van der Waals surface area (Å²) in [6.45, 7) is 0. The van der Waals surface area contributed by atoms with Gasteiger partial charge in [-0.05, 0) is 24.3 Å². The maximum atomic E-state index is 12.2. The van der Waals surface area contributed by atoms with E-state index in [1.807, 2.05) is 54.6 Å². The van der Waals surface area contributed by atoms with E-state index < -0.39 is 0 Å². The molecular formula is C18H13N3O2S. The van der Waals surface area contributed by atoms with Gasteiger partial charge in [-0.25, -0.2) is 4.98 Å². The van der Waals surface area contributed by atoms with E-state index in [2.05, 4.69) is 15.8 Å². The third-order valence-corrected chi connectivity index (χ3v) is 4.42. The molecule has 0 saturated carbocycles. The van der Waals surface area contributed by atoms with Crippen LogP contribution in [0, 0.1) is 0 Å². The summed E-state index contributed by atoms with van der Waals surface area (Å²) in [5.41, 5.74) is 7.25. The highest BCUT2D eigenvalue weighted by atomic mass is 32.1. The fraction of sp³-hybridized carbons (Fsp3) is 0. The molecule has 4 aromatic rings. The van der Waals surface area contributed by atoms with Crippen LogP contribution in [0.3, 0.4) is 0 Å². The molecule has 0 aliphatic heterocycles. The summed E-state index contributed by atoms with van der Waals surface area (Å²) in [4.78, 5) is 16.6. The largest absolute Gasteiger partial charge is 0.451 e. The Balaban J connectivity index is 1.45. The molecule has 24 heavy (non-hydrogen) atoms. The first-order valence-corrected chi connectivity index (χ1v) is 8.18. The summed E-state index contributed by atoms with van der Waals surface area (Å²) in [7, 11) is 0. The van der Waals surface area contributed by atoms with Crippen LogP contribution < -0.4 is 10.9 Å². The number of anilines is 1. The van der Waals surface area contributed by atoms with Crippen molar-refractivity contribution < 1.29 is 9.21 Å². The average Bonchev–Trinajstić information content (AvgIpc) is 3.27. The number of fused-ring (bicyclic) bond motifs is 1. The number of aromatic nitrogens is 1. The van der Waals surface area contributed by atoms with Gasteiger partial charge in [0, 0.05) is 5.56 Å². The highest BCUT2D eigenvalue weighted by Gasteiger charge is 2.12. The number of rotatable bonds is 4. The van der Waals surface area contributed by atoms with Gasteiger partial charge in [0.25, 0.3) is 0 Å². The number of thiazole rings is 1. The molecule has 118 valence electrons. The van der Waals surface area contributed by atoms with Crippen LogP contribution in [-0.4, -0.2) is 10.9 Å². The minimum absolute atomic E-state index is 0.238. The Labute approximate surface area is 141 Å². The van der Waals surface area contributed by atoms with Crippen molar-refractivity contribution in [1.29, 1.82) is 0 Å². The van der Waals surface area contributed by atoms with Crippen molar-refractivity contribution in [2.24, 2.45) is 0 Å². The number of benzene rings is 2. The predicted molar refractivity (Wildman–Crippen MR) is 94.9 cm³/mol. The fourth-order valence-electron chi connectivity index (χ4n) is 2.31. The first kappa shape index (κ1) is 14.5. The molecule has 4 rings (SSSR count). The molecular weight excluding hydrogens is 322 g/mol. The van der Waals surface area contributed by atoms with E-state index >= 15 is 0 Å². The molecule has 2 heterocycles. The molecule has 2 aromatic carbocycles. The predicted octanol–water partition coefficient (Wildman–Crippen LogP) is 4.31. The highest BCUT2D eigenvalue weighted by Crippen LogP contribution is 2.25. The highest BCUT2D eigenvalue weighted by molar-refractivity contribution is 7.22. The van der Waals surface area contributed by atoms with Crippen molar-refractivity contribution in [3.05, 3.63) is 72.5 Å². The van der Waals surface area contributed by atoms with Crippen LogP contribution in [0.2, 0.25) is 0 Å². The molecule has 0 atom stereocenters. The van der Waals surface area contributed by atoms with E-state index in [4.69, 9.17) is 4.42 Å². The lowest BCUT2D eigenvalue weighted by atomic mass is 10.2. The molecule has 0 radical (unpaired) electrons. The molecule has 6 heteroatoms. The van der Waals surface area contributed by atoms with Gasteiger partial charge >= 0.3 is 5.91 Å². The molecule has 2 aromatic heterocycles. The number of hydrazine groups is 1. The molecule has 0 aliphatic rings. The second kappa shape index (κ2) is 6.17. The number of hydrogen-bond donors (Lipinski definition) is 2. The zero-order chi connectivity index (χ0) is 16.4. The third-order valence-electron chi connectivity index (χ3n) is 3.46. The lowest BCUT2D eigenvalue weighted by Crippen LogP contribution is -2.28. The topological polar surface area (TPSA) is 67.2 Å². The first-order valence-electron chi connectivity index (χ1n) is 7.37. The third kappa shape index (κ3) is 2.87. The second-order valence-electron chi connectivity index (χ2n) is 5.10. The van der Waals surface area contributed by atoms with E-state index in [-0.39, 0.29) is 11.7 Å². The Kier molecular flexibility index (Phi) is 3.72. The van der Waals surface area contributed by atoms with Gasteiger partial charge in [0.2, 0.25) is 5.13 Å². The first-order chi connectivity index (χ1) is 11.8. The molecule has 2 N–H and O–H groups in total. The van der Waals surface area contributed by atoms with Crippen LogP contribution in [0.1, 0.15) is 10.6 Å². The smallest absolute Gasteiger partial charge is 0.305 e. The SMILES string of the molecule is O=C(NNc1nc2ccccc2s1)c1ccc(-c2ccccc2)o1. The van der Waals surface area contributed by atoms with Crippen molar-refractivity contribution in [2.75, 3.05) is 5.43 Å². The normalized spacial score (nSPS) is 10.7. The molecule has 5 nitrogen and oxygen atoms in total. The molecule has 0 saturated heterocycles. The molecule has 0 unspecified atom stereocenters. The Hall–Kier alpha value is -3.12. The van der Waals surface area contributed by atoms with Crippen LogP contribution in [0.4, 0.5) is 5.13 Å². The number of nitrogens with one attached hydrogen (secondary N) is 2. The van der Waals surface area contributed by atoms with E-state index in [1.54, 1.807) is 12.1 Å². The van der Waals surface area contributed by atoms with Crippen LogP contribution in [-0.2, 0) is 0 Å². The lowest BCUT2D eigenvalue weighted by Gasteiger charge is -2.03. The van der Waals surface area contributed by atoms with Crippen LogP contribution in [0.5, 0.6) is 0 Å². The summed E-state index contributed by atoms with van der Waals surface area (Å²) < 4.78 is 6.66. The molecule has 0 spiro atoms. The van der Waals surface area contributed by atoms with Gasteiger partial charge in [-0.15, -0.1) is 0 Å². The Morgan fingerprint density at radius 1 is 0.958 bits per heavy atom. The standard InChI is InChI=1S/C18H13N3O2S/c22-17(15-11-10-14(23-15)12-6-2-1-3-7-12)20-21-18-19-13-8-4-5-9-16(13)24-18/h1-11H,(H,19,21)(H,20,22). The molecule has 1 amide bonds. The van der Waals surface area contributed by atoms with Crippen molar-refractivity contribution in [3.8, 4) is 11.3 Å². The Morgan fingerprint density at radius 3 is 2.58 bits per heavy atom. The van der Waals surface area contributed by atoms with E-state index in [9.17, 15) is 4.79 Å². The van der Waals surface area contributed by atoms with Gasteiger partial charge in [-0.1, -0.05) is 53.8 Å². The monoisotopic (exact) mass is 335 g/mol. The maximum Gasteiger partial charge on any atom is 0.305 e. The Bertz CT molecular complexity index is 959. The summed E-state index contributed by atoms with van der Waals surface area (Å²) in [5, 5.41) is 0.624. The van der Waals surface area contributed by atoms with Gasteiger partial charge in [-0.2, -0.15) is 0 Å². The summed E-state index contributed by atoms with van der Waals surface area (Å²) >= 11 is 1.47. The fourth-order valence-corrected chi connectivity index (χ4v) is 3.13. The van der Waals surface area contributed by atoms with Crippen molar-refractivity contribution in [1.82, 2.24) is 10.4 Å². The number of amides is 1. The van der Waals surface area contributed by atoms with Gasteiger partial charge in [-0.3, -0.25) is 15.6 Å². The van der Waals surface area contributed by atoms with Crippen LogP contribution >= 0.6 is 11.3 Å². The van der Waals surface area contributed by atoms with Gasteiger partial charge in [0.1, 0.15) is 5.76 Å². The second-order valence-corrected chi connectivity index (χ2v) is 6.13. The van der Waals surface area contributed by atoms with Crippen LogP contribution in [0.15, 0.2) is 71.1 Å². The average molecular weight is 335 g/mol. The minimum atomic E-state index is -0.351. The van der Waals surface area contributed by atoms with E-state index in [0.29, 0.717) is 10.9 Å². The summed E-state index contributed by atoms with van der Waals surface area (Å²) in [5.74, 6) is 0.541. The maximum absolute atomic E-state index is 12.2. The van der Waals surface area contributed by atoms with Gasteiger partial charge in [0.15, 0.2) is 5.76 Å². The van der Waals surface area contributed by atoms with Gasteiger partial charge in [0.05, 0.1) is 10.2 Å². The van der Waals surface area contributed by atoms with Crippen molar-refractivity contribution >= 4 is 32.6 Å². The van der Waals surface area contributed by atoms with Gasteiger partial charge < -0.3 is 4.42 Å². The molecule has 0 aliphatic carbocycles. The number of carbonyl (C=O) groups excluding carboxylic acids is 1. The molecule has 0 bridgehead atoms. The number of nitrogens with zero attached hydrogens (tertiary/aromatic N) is 1. The lowest BCUT2D eigenvalue weighted by molar-refractivity contribution is 0.0936. The summed E-state index contributed by atoms with van der Waals surface area (Å²) in [6.07, 6.45) is 0. The van der Waals surface area contributed by atoms with Crippen LogP contribution in [0.25, 0.3) is 21.5 Å². The van der Waals surface area contributed by atoms with Crippen molar-refractivity contribution in [3.63, 3.8) is 0 Å². The number of furan rings is 1. The van der Waals surface area contributed by atoms with E-state index in [0.717, 1.165) is 15.8 Å². The number of para-hydroxylation sites is 1. The zero-order valence-electron chi connectivity index (χ0n) is 12.5. The number of carbonyl (C=O) groups is 1. The van der Waals surface area contributed by atoms with Crippen molar-refractivity contribution in [2.45, 2.75) is 0 Å². The zero-order valence-corrected chi connectivity index (χ0v) is 13.3. The van der Waals surface area contributed by atoms with E-state index in [1.165, 1.54) is 11.3 Å².